The molecule has 0 aliphatic carbocycles. The Morgan fingerprint density at radius 2 is 2.00 bits per heavy atom. The van der Waals surface area contributed by atoms with Crippen molar-refractivity contribution in [1.82, 2.24) is 19.7 Å². The zero-order valence-corrected chi connectivity index (χ0v) is 16.2. The Morgan fingerprint density at radius 1 is 1.22 bits per heavy atom. The lowest BCUT2D eigenvalue weighted by molar-refractivity contribution is 0.0598. The van der Waals surface area contributed by atoms with Crippen LogP contribution in [0.25, 0.3) is 5.82 Å². The van der Waals surface area contributed by atoms with Crippen LogP contribution in [-0.4, -0.2) is 39.1 Å². The normalized spacial score (nSPS) is 10.7. The van der Waals surface area contributed by atoms with Crippen LogP contribution in [-0.2, 0) is 4.74 Å². The second kappa shape index (κ2) is 7.67. The summed E-state index contributed by atoms with van der Waals surface area (Å²) in [5, 5.41) is 4.81. The van der Waals surface area contributed by atoms with Gasteiger partial charge in [0, 0.05) is 6.07 Å². The highest BCUT2D eigenvalue weighted by atomic mass is 32.2. The monoisotopic (exact) mass is 385 g/mol. The molecule has 0 aliphatic heterocycles. The number of aromatic nitrogens is 4. The van der Waals surface area contributed by atoms with E-state index in [1.807, 2.05) is 32.0 Å². The molecule has 0 atom stereocenters. The molecule has 0 aliphatic rings. The first-order valence-electron chi connectivity index (χ1n) is 8.03. The second-order valence-corrected chi connectivity index (χ2v) is 6.55. The van der Waals surface area contributed by atoms with E-state index >= 15 is 0 Å². The summed E-state index contributed by atoms with van der Waals surface area (Å²) in [6.45, 7) is 3.94. The summed E-state index contributed by atoms with van der Waals surface area (Å²) < 4.78 is 12.1. The van der Waals surface area contributed by atoms with Gasteiger partial charge in [0.25, 0.3) is 0 Å². The summed E-state index contributed by atoms with van der Waals surface area (Å²) in [6, 6.07) is 7.53. The van der Waals surface area contributed by atoms with Gasteiger partial charge in [-0.25, -0.2) is 14.8 Å². The summed E-state index contributed by atoms with van der Waals surface area (Å²) in [4.78, 5) is 20.4. The van der Waals surface area contributed by atoms with Gasteiger partial charge in [-0.05, 0) is 37.3 Å². The highest BCUT2D eigenvalue weighted by molar-refractivity contribution is 7.98. The van der Waals surface area contributed by atoms with Crippen molar-refractivity contribution in [1.29, 1.82) is 0 Å². The van der Waals surface area contributed by atoms with Crippen molar-refractivity contribution in [2.24, 2.45) is 0 Å². The lowest BCUT2D eigenvalue weighted by atomic mass is 10.1. The number of rotatable bonds is 5. The minimum absolute atomic E-state index is 0.141. The Morgan fingerprint density at radius 3 is 2.70 bits per heavy atom. The predicted molar refractivity (Wildman–Crippen MR) is 103 cm³/mol. The van der Waals surface area contributed by atoms with Crippen LogP contribution in [0.3, 0.4) is 0 Å². The van der Waals surface area contributed by atoms with Crippen molar-refractivity contribution >= 4 is 23.5 Å². The van der Waals surface area contributed by atoms with Gasteiger partial charge in [-0.2, -0.15) is 9.78 Å². The fraction of sp³-hybridized carbons (Fsp3) is 0.222. The predicted octanol–water partition coefficient (Wildman–Crippen LogP) is 3.16. The lowest BCUT2D eigenvalue weighted by Crippen LogP contribution is -2.09. The zero-order valence-electron chi connectivity index (χ0n) is 15.4. The Balaban J connectivity index is 2.00. The molecule has 0 unspecified atom stereocenters. The molecular weight excluding hydrogens is 366 g/mol. The number of carbonyl (C=O) groups excluding carboxylic acids is 1. The van der Waals surface area contributed by atoms with Crippen LogP contribution >= 0.6 is 11.8 Å². The Kier molecular flexibility index (Phi) is 5.31. The van der Waals surface area contributed by atoms with E-state index in [1.54, 1.807) is 12.3 Å². The summed E-state index contributed by atoms with van der Waals surface area (Å²) in [7, 11) is 1.30. The van der Waals surface area contributed by atoms with Crippen LogP contribution in [0.4, 0.5) is 5.82 Å². The van der Waals surface area contributed by atoms with Crippen molar-refractivity contribution in [2.75, 3.05) is 19.1 Å². The fourth-order valence-corrected chi connectivity index (χ4v) is 3.01. The van der Waals surface area contributed by atoms with Gasteiger partial charge in [0.15, 0.2) is 5.82 Å². The van der Waals surface area contributed by atoms with Crippen molar-refractivity contribution in [3.63, 3.8) is 0 Å². The molecule has 2 aromatic heterocycles. The molecule has 0 amide bonds. The maximum absolute atomic E-state index is 12.0. The fourth-order valence-electron chi connectivity index (χ4n) is 2.45. The third-order valence-corrected chi connectivity index (χ3v) is 4.55. The molecule has 8 nitrogen and oxygen atoms in total. The molecule has 9 heteroatoms. The number of thioether (sulfide) groups is 1. The number of hydrogen-bond donors (Lipinski definition) is 1. The molecule has 3 aromatic rings. The number of hydrogen-bond acceptors (Lipinski definition) is 8. The van der Waals surface area contributed by atoms with Crippen LogP contribution in [0.15, 0.2) is 35.6 Å². The highest BCUT2D eigenvalue weighted by Crippen LogP contribution is 2.29. The molecule has 2 N–H and O–H groups in total. The first-order valence-corrected chi connectivity index (χ1v) is 9.25. The van der Waals surface area contributed by atoms with Crippen LogP contribution in [0.5, 0.6) is 11.6 Å². The average molecular weight is 385 g/mol. The highest BCUT2D eigenvalue weighted by Gasteiger charge is 2.24. The molecule has 0 spiro atoms. The van der Waals surface area contributed by atoms with E-state index < -0.39 is 5.97 Å². The first-order chi connectivity index (χ1) is 12.9. The number of aryl methyl sites for hydroxylation is 2. The molecule has 1 aromatic carbocycles. The summed E-state index contributed by atoms with van der Waals surface area (Å²) in [5.74, 6) is 1.02. The van der Waals surface area contributed by atoms with Crippen molar-refractivity contribution in [2.45, 2.75) is 18.9 Å². The molecule has 0 saturated heterocycles. The van der Waals surface area contributed by atoms with E-state index in [4.69, 9.17) is 15.2 Å². The SMILES string of the molecule is COC(=O)c1c(SC)nn(-c2cc(Oc3cc(C)ccc3C)ncn2)c1N. The third-order valence-electron chi connectivity index (χ3n) is 3.87. The summed E-state index contributed by atoms with van der Waals surface area (Å²) in [5.41, 5.74) is 8.39. The molecule has 3 rings (SSSR count). The Hall–Kier alpha value is -3.07. The number of nitrogens with two attached hydrogens (primary N) is 1. The summed E-state index contributed by atoms with van der Waals surface area (Å²) in [6.07, 6.45) is 3.15. The smallest absolute Gasteiger partial charge is 0.344 e. The largest absolute Gasteiger partial charge is 0.465 e. The van der Waals surface area contributed by atoms with E-state index in [0.29, 0.717) is 22.5 Å². The molecule has 2 heterocycles. The number of ether oxygens (including phenoxy) is 2. The zero-order chi connectivity index (χ0) is 19.6. The average Bonchev–Trinajstić information content (AvgIpc) is 3.01. The number of carbonyl (C=O) groups is 1. The Labute approximate surface area is 160 Å². The van der Waals surface area contributed by atoms with Gasteiger partial charge >= 0.3 is 5.97 Å². The van der Waals surface area contributed by atoms with Gasteiger partial charge in [-0.3, -0.25) is 0 Å². The van der Waals surface area contributed by atoms with Gasteiger partial charge in [0.2, 0.25) is 5.88 Å². The van der Waals surface area contributed by atoms with E-state index in [2.05, 4.69) is 15.1 Å². The van der Waals surface area contributed by atoms with E-state index in [1.165, 1.54) is 29.9 Å². The maximum atomic E-state index is 12.0. The summed E-state index contributed by atoms with van der Waals surface area (Å²) >= 11 is 1.29. The van der Waals surface area contributed by atoms with Crippen LogP contribution < -0.4 is 10.5 Å². The van der Waals surface area contributed by atoms with Crippen molar-refractivity contribution in [3.05, 3.63) is 47.3 Å². The van der Waals surface area contributed by atoms with E-state index in [0.717, 1.165) is 11.1 Å². The number of anilines is 1. The standard InChI is InChI=1S/C18H19N5O3S/c1-10-5-6-11(2)12(7-10)26-14-8-13(20-9-21-14)23-16(19)15(18(24)25-3)17(22-23)27-4/h5-9H,19H2,1-4H3. The van der Waals surface area contributed by atoms with Crippen molar-refractivity contribution < 1.29 is 14.3 Å². The molecule has 140 valence electrons. The van der Waals surface area contributed by atoms with Gasteiger partial charge < -0.3 is 15.2 Å². The van der Waals surface area contributed by atoms with Gasteiger partial charge in [0.1, 0.15) is 28.5 Å². The topological polar surface area (TPSA) is 105 Å². The van der Waals surface area contributed by atoms with Gasteiger partial charge in [0.05, 0.1) is 7.11 Å². The van der Waals surface area contributed by atoms with Crippen LogP contribution in [0, 0.1) is 13.8 Å². The van der Waals surface area contributed by atoms with Gasteiger partial charge in [-0.15, -0.1) is 11.8 Å². The number of nitrogen functional groups attached to an aromatic ring is 1. The molecule has 0 fully saturated rings. The number of esters is 1. The maximum Gasteiger partial charge on any atom is 0.344 e. The van der Waals surface area contributed by atoms with Crippen molar-refractivity contribution in [3.8, 4) is 17.4 Å². The first kappa shape index (κ1) is 18.7. The number of methoxy groups -OCH3 is 1. The molecule has 0 bridgehead atoms. The molecular formula is C18H19N5O3S. The van der Waals surface area contributed by atoms with Gasteiger partial charge in [-0.1, -0.05) is 12.1 Å². The Bertz CT molecular complexity index is 1000. The van der Waals surface area contributed by atoms with Crippen LogP contribution in [0.1, 0.15) is 21.5 Å². The van der Waals surface area contributed by atoms with Crippen LogP contribution in [0.2, 0.25) is 0 Å². The minimum atomic E-state index is -0.552. The van der Waals surface area contributed by atoms with E-state index in [9.17, 15) is 4.79 Å². The minimum Gasteiger partial charge on any atom is -0.465 e. The second-order valence-electron chi connectivity index (χ2n) is 5.76. The lowest BCUT2D eigenvalue weighted by Gasteiger charge is -2.10. The third kappa shape index (κ3) is 3.72. The number of benzene rings is 1. The van der Waals surface area contributed by atoms with E-state index in [-0.39, 0.29) is 11.4 Å². The quantitative estimate of drug-likeness (QED) is 0.527. The molecule has 27 heavy (non-hydrogen) atoms. The number of nitrogens with zero attached hydrogens (tertiary/aromatic N) is 4. The molecule has 0 radical (unpaired) electrons. The molecule has 0 saturated carbocycles.